The zero-order chi connectivity index (χ0) is 16.2. The molecule has 0 saturated heterocycles. The molecule has 3 rings (SSSR count). The summed E-state index contributed by atoms with van der Waals surface area (Å²) in [7, 11) is 0. The fraction of sp³-hybridized carbons (Fsp3) is 0.250. The van der Waals surface area contributed by atoms with Crippen LogP contribution in [0.2, 0.25) is 0 Å². The average Bonchev–Trinajstić information content (AvgIpc) is 3.06. The Labute approximate surface area is 137 Å². The molecule has 0 radical (unpaired) electrons. The van der Waals surface area contributed by atoms with Gasteiger partial charge in [0.05, 0.1) is 5.69 Å². The zero-order valence-corrected chi connectivity index (χ0v) is 13.7. The van der Waals surface area contributed by atoms with Gasteiger partial charge in [0.1, 0.15) is 0 Å². The predicted octanol–water partition coefficient (Wildman–Crippen LogP) is 4.29. The Morgan fingerprint density at radius 2 is 1.61 bits per heavy atom. The highest BCUT2D eigenvalue weighted by atomic mass is 15.1. The molecule has 0 saturated carbocycles. The van der Waals surface area contributed by atoms with Crippen LogP contribution in [0, 0.1) is 0 Å². The second kappa shape index (κ2) is 6.80. The Morgan fingerprint density at radius 3 is 2.22 bits per heavy atom. The summed E-state index contributed by atoms with van der Waals surface area (Å²) in [6.45, 7) is 4.96. The summed E-state index contributed by atoms with van der Waals surface area (Å²) in [5.74, 6) is 0.679. The van der Waals surface area contributed by atoms with Crippen molar-refractivity contribution in [3.63, 3.8) is 0 Å². The number of nitrogens with zero attached hydrogens (tertiary/aromatic N) is 1. The summed E-state index contributed by atoms with van der Waals surface area (Å²) in [5.41, 5.74) is 11.7. The minimum absolute atomic E-state index is 0.140. The highest BCUT2D eigenvalue weighted by Crippen LogP contribution is 2.27. The van der Waals surface area contributed by atoms with E-state index in [2.05, 4.69) is 66.5 Å². The van der Waals surface area contributed by atoms with E-state index in [-0.39, 0.29) is 5.92 Å². The largest absolute Gasteiger partial charge is 0.329 e. The fourth-order valence-corrected chi connectivity index (χ4v) is 2.83. The molecule has 0 bridgehead atoms. The van der Waals surface area contributed by atoms with E-state index in [0.717, 1.165) is 17.0 Å². The lowest BCUT2D eigenvalue weighted by Gasteiger charge is -2.14. The second-order valence-corrected chi connectivity index (χ2v) is 6.18. The van der Waals surface area contributed by atoms with Crippen LogP contribution in [0.25, 0.3) is 11.3 Å². The van der Waals surface area contributed by atoms with Crippen LogP contribution in [0.15, 0.2) is 60.7 Å². The van der Waals surface area contributed by atoms with Crippen LogP contribution < -0.4 is 5.73 Å². The first kappa shape index (κ1) is 15.5. The number of hydrogen-bond donors (Lipinski definition) is 2. The topological polar surface area (TPSA) is 54.7 Å². The first-order valence-corrected chi connectivity index (χ1v) is 8.09. The Kier molecular flexibility index (Phi) is 4.58. The molecule has 2 aromatic carbocycles. The van der Waals surface area contributed by atoms with Gasteiger partial charge in [-0.1, -0.05) is 68.4 Å². The molecule has 0 aliphatic rings. The molecular formula is C20H23N3. The highest BCUT2D eigenvalue weighted by Gasteiger charge is 2.16. The van der Waals surface area contributed by atoms with Crippen molar-refractivity contribution in [3.8, 4) is 11.3 Å². The van der Waals surface area contributed by atoms with Crippen LogP contribution >= 0.6 is 0 Å². The van der Waals surface area contributed by atoms with Crippen molar-refractivity contribution in [2.24, 2.45) is 5.73 Å². The Hall–Kier alpha value is -2.39. The number of nitrogens with one attached hydrogen (secondary N) is 1. The third-order valence-corrected chi connectivity index (χ3v) is 4.28. The van der Waals surface area contributed by atoms with Crippen molar-refractivity contribution in [1.29, 1.82) is 0 Å². The number of H-pyrrole nitrogens is 1. The van der Waals surface area contributed by atoms with Gasteiger partial charge in [0, 0.05) is 23.7 Å². The molecule has 1 atom stereocenters. The molecule has 3 aromatic rings. The highest BCUT2D eigenvalue weighted by molar-refractivity contribution is 5.59. The molecule has 1 aromatic heterocycles. The maximum Gasteiger partial charge on any atom is 0.0923 e. The number of nitrogens with two attached hydrogens (primary N) is 1. The van der Waals surface area contributed by atoms with E-state index in [0.29, 0.717) is 12.5 Å². The summed E-state index contributed by atoms with van der Waals surface area (Å²) >= 11 is 0. The van der Waals surface area contributed by atoms with Gasteiger partial charge in [-0.25, -0.2) is 0 Å². The summed E-state index contributed by atoms with van der Waals surface area (Å²) in [5, 5.41) is 7.61. The molecule has 3 nitrogen and oxygen atoms in total. The van der Waals surface area contributed by atoms with Gasteiger partial charge >= 0.3 is 0 Å². The van der Waals surface area contributed by atoms with Crippen molar-refractivity contribution in [1.82, 2.24) is 10.2 Å². The van der Waals surface area contributed by atoms with Gasteiger partial charge in [-0.05, 0) is 23.1 Å². The molecular weight excluding hydrogens is 282 g/mol. The van der Waals surface area contributed by atoms with Gasteiger partial charge in [0.15, 0.2) is 0 Å². The first-order valence-electron chi connectivity index (χ1n) is 8.09. The summed E-state index contributed by atoms with van der Waals surface area (Å²) in [4.78, 5) is 0. The minimum Gasteiger partial charge on any atom is -0.329 e. The molecule has 0 spiro atoms. The Balaban J connectivity index is 1.88. The van der Waals surface area contributed by atoms with Crippen LogP contribution in [0.5, 0.6) is 0 Å². The van der Waals surface area contributed by atoms with Crippen LogP contribution in [0.4, 0.5) is 0 Å². The Morgan fingerprint density at radius 1 is 0.957 bits per heavy atom. The number of aromatic nitrogens is 2. The lowest BCUT2D eigenvalue weighted by molar-refractivity contribution is 0.776. The maximum absolute atomic E-state index is 6.03. The van der Waals surface area contributed by atoms with E-state index < -0.39 is 0 Å². The minimum atomic E-state index is 0.140. The lowest BCUT2D eigenvalue weighted by atomic mass is 9.92. The Bertz CT molecular complexity index is 742. The van der Waals surface area contributed by atoms with E-state index in [9.17, 15) is 0 Å². The second-order valence-electron chi connectivity index (χ2n) is 6.18. The van der Waals surface area contributed by atoms with Crippen molar-refractivity contribution in [2.45, 2.75) is 25.7 Å². The lowest BCUT2D eigenvalue weighted by Crippen LogP contribution is -2.14. The zero-order valence-electron chi connectivity index (χ0n) is 13.7. The quantitative estimate of drug-likeness (QED) is 0.738. The summed E-state index contributed by atoms with van der Waals surface area (Å²) < 4.78 is 0. The van der Waals surface area contributed by atoms with Gasteiger partial charge in [-0.2, -0.15) is 5.10 Å². The van der Waals surface area contributed by atoms with Gasteiger partial charge in [0.2, 0.25) is 0 Å². The molecule has 118 valence electrons. The molecule has 0 amide bonds. The molecule has 3 N–H and O–H groups in total. The fourth-order valence-electron chi connectivity index (χ4n) is 2.83. The standard InChI is InChI=1S/C20H23N3/c1-14(2)15-8-10-16(11-9-15)18(13-21)20-12-19(22-23-20)17-6-4-3-5-7-17/h3-12,14,18H,13,21H2,1-2H3,(H,22,23). The number of aromatic amines is 1. The van der Waals surface area contributed by atoms with Crippen LogP contribution in [0.1, 0.15) is 42.5 Å². The van der Waals surface area contributed by atoms with Crippen LogP contribution in [0.3, 0.4) is 0 Å². The van der Waals surface area contributed by atoms with Crippen molar-refractivity contribution in [2.75, 3.05) is 6.54 Å². The van der Waals surface area contributed by atoms with E-state index in [1.807, 2.05) is 18.2 Å². The van der Waals surface area contributed by atoms with Crippen LogP contribution in [-0.2, 0) is 0 Å². The first-order chi connectivity index (χ1) is 11.2. The number of hydrogen-bond acceptors (Lipinski definition) is 2. The SMILES string of the molecule is CC(C)c1ccc(C(CN)c2cc(-c3ccccc3)n[nH]2)cc1. The maximum atomic E-state index is 6.03. The normalized spacial score (nSPS) is 12.5. The van der Waals surface area contributed by atoms with E-state index in [4.69, 9.17) is 5.73 Å². The molecule has 1 heterocycles. The molecule has 3 heteroatoms. The summed E-state index contributed by atoms with van der Waals surface area (Å²) in [6, 6.07) is 21.0. The smallest absolute Gasteiger partial charge is 0.0923 e. The van der Waals surface area contributed by atoms with E-state index in [1.165, 1.54) is 11.1 Å². The van der Waals surface area contributed by atoms with E-state index in [1.54, 1.807) is 0 Å². The number of benzene rings is 2. The molecule has 23 heavy (non-hydrogen) atoms. The van der Waals surface area contributed by atoms with Gasteiger partial charge in [-0.15, -0.1) is 0 Å². The monoisotopic (exact) mass is 305 g/mol. The van der Waals surface area contributed by atoms with Crippen molar-refractivity contribution >= 4 is 0 Å². The van der Waals surface area contributed by atoms with Crippen LogP contribution in [-0.4, -0.2) is 16.7 Å². The molecule has 0 aliphatic heterocycles. The molecule has 0 fully saturated rings. The van der Waals surface area contributed by atoms with E-state index >= 15 is 0 Å². The number of rotatable bonds is 5. The van der Waals surface area contributed by atoms with Gasteiger partial charge in [0.25, 0.3) is 0 Å². The van der Waals surface area contributed by atoms with Gasteiger partial charge in [-0.3, -0.25) is 5.10 Å². The van der Waals surface area contributed by atoms with Gasteiger partial charge < -0.3 is 5.73 Å². The molecule has 1 unspecified atom stereocenters. The molecule has 0 aliphatic carbocycles. The van der Waals surface area contributed by atoms with Crippen molar-refractivity contribution in [3.05, 3.63) is 77.5 Å². The summed E-state index contributed by atoms with van der Waals surface area (Å²) in [6.07, 6.45) is 0. The van der Waals surface area contributed by atoms with Crippen molar-refractivity contribution < 1.29 is 0 Å². The average molecular weight is 305 g/mol. The third kappa shape index (κ3) is 3.35. The predicted molar refractivity (Wildman–Crippen MR) is 95.5 cm³/mol. The third-order valence-electron chi connectivity index (χ3n) is 4.28.